The molecule has 0 atom stereocenters. The molecular formula is C25H24N4O2S. The summed E-state index contributed by atoms with van der Waals surface area (Å²) in [6.45, 7) is 4.54. The first kappa shape index (κ1) is 21.6. The Morgan fingerprint density at radius 1 is 0.969 bits per heavy atom. The second-order valence-electron chi connectivity index (χ2n) is 7.09. The van der Waals surface area contributed by atoms with Gasteiger partial charge >= 0.3 is 0 Å². The number of aryl methyl sites for hydroxylation is 1. The van der Waals surface area contributed by atoms with Crippen LogP contribution >= 0.6 is 11.8 Å². The van der Waals surface area contributed by atoms with Crippen molar-refractivity contribution in [3.8, 4) is 22.8 Å². The van der Waals surface area contributed by atoms with E-state index in [1.165, 1.54) is 11.8 Å². The van der Waals surface area contributed by atoms with Crippen LogP contribution in [0.15, 0.2) is 84.0 Å². The van der Waals surface area contributed by atoms with Gasteiger partial charge in [-0.25, -0.2) is 0 Å². The lowest BCUT2D eigenvalue weighted by molar-refractivity contribution is -0.113. The number of thioether (sulfide) groups is 1. The minimum absolute atomic E-state index is 0.0909. The molecular weight excluding hydrogens is 420 g/mol. The van der Waals surface area contributed by atoms with Crippen LogP contribution in [-0.4, -0.2) is 33.0 Å². The number of benzene rings is 3. The van der Waals surface area contributed by atoms with E-state index in [4.69, 9.17) is 4.74 Å². The van der Waals surface area contributed by atoms with Crippen molar-refractivity contribution in [3.63, 3.8) is 0 Å². The first-order chi connectivity index (χ1) is 15.7. The van der Waals surface area contributed by atoms with Gasteiger partial charge in [-0.2, -0.15) is 0 Å². The Balaban J connectivity index is 1.60. The molecule has 4 aromatic rings. The Labute approximate surface area is 191 Å². The van der Waals surface area contributed by atoms with Gasteiger partial charge in [0.1, 0.15) is 5.75 Å². The molecule has 3 aromatic carbocycles. The van der Waals surface area contributed by atoms with Crippen LogP contribution in [0.4, 0.5) is 5.69 Å². The van der Waals surface area contributed by atoms with Crippen molar-refractivity contribution < 1.29 is 9.53 Å². The minimum atomic E-state index is -0.0909. The highest BCUT2D eigenvalue weighted by atomic mass is 32.2. The number of carbonyl (C=O) groups is 1. The summed E-state index contributed by atoms with van der Waals surface area (Å²) >= 11 is 1.35. The number of carbonyl (C=O) groups excluding carboxylic acids is 1. The van der Waals surface area contributed by atoms with Crippen LogP contribution in [0.2, 0.25) is 0 Å². The maximum atomic E-state index is 12.6. The number of ether oxygens (including phenoxy) is 1. The number of anilines is 1. The van der Waals surface area contributed by atoms with E-state index in [2.05, 4.69) is 15.5 Å². The smallest absolute Gasteiger partial charge is 0.234 e. The van der Waals surface area contributed by atoms with Gasteiger partial charge in [0.25, 0.3) is 0 Å². The van der Waals surface area contributed by atoms with Crippen LogP contribution < -0.4 is 10.1 Å². The van der Waals surface area contributed by atoms with E-state index in [1.54, 1.807) is 0 Å². The standard InChI is InChI=1S/C25H24N4O2S/c1-3-31-21-15-13-20(14-16-21)29-24(19-10-5-4-6-11-19)27-28-25(29)32-17-23(30)26-22-12-8-7-9-18(22)2/h4-16H,3,17H2,1-2H3,(H,26,30). The predicted octanol–water partition coefficient (Wildman–Crippen LogP) is 5.37. The largest absolute Gasteiger partial charge is 0.494 e. The number of para-hydroxylation sites is 1. The molecule has 6 nitrogen and oxygen atoms in total. The average Bonchev–Trinajstić information content (AvgIpc) is 3.24. The molecule has 0 radical (unpaired) electrons. The van der Waals surface area contributed by atoms with E-state index >= 15 is 0 Å². The molecule has 7 heteroatoms. The lowest BCUT2D eigenvalue weighted by Gasteiger charge is -2.12. The first-order valence-electron chi connectivity index (χ1n) is 10.4. The minimum Gasteiger partial charge on any atom is -0.494 e. The monoisotopic (exact) mass is 444 g/mol. The third-order valence-electron chi connectivity index (χ3n) is 4.82. The van der Waals surface area contributed by atoms with E-state index in [0.29, 0.717) is 11.8 Å². The number of nitrogens with zero attached hydrogens (tertiary/aromatic N) is 3. The second-order valence-corrected chi connectivity index (χ2v) is 8.03. The number of hydrogen-bond acceptors (Lipinski definition) is 5. The summed E-state index contributed by atoms with van der Waals surface area (Å²) in [6.07, 6.45) is 0. The number of nitrogens with one attached hydrogen (secondary N) is 1. The van der Waals surface area contributed by atoms with Gasteiger partial charge in [0.15, 0.2) is 11.0 Å². The van der Waals surface area contributed by atoms with Crippen molar-refractivity contribution >= 4 is 23.4 Å². The van der Waals surface area contributed by atoms with Gasteiger partial charge in [0, 0.05) is 16.9 Å². The van der Waals surface area contributed by atoms with Crippen molar-refractivity contribution in [2.24, 2.45) is 0 Å². The van der Waals surface area contributed by atoms with Crippen LogP contribution in [-0.2, 0) is 4.79 Å². The highest BCUT2D eigenvalue weighted by molar-refractivity contribution is 7.99. The maximum Gasteiger partial charge on any atom is 0.234 e. The highest BCUT2D eigenvalue weighted by Gasteiger charge is 2.17. The molecule has 0 aliphatic rings. The summed E-state index contributed by atoms with van der Waals surface area (Å²) in [5.41, 5.74) is 3.69. The fraction of sp³-hybridized carbons (Fsp3) is 0.160. The van der Waals surface area contributed by atoms with E-state index in [-0.39, 0.29) is 11.7 Å². The SMILES string of the molecule is CCOc1ccc(-n2c(SCC(=O)Nc3ccccc3C)nnc2-c2ccccc2)cc1. The van der Waals surface area contributed by atoms with Crippen molar-refractivity contribution in [2.45, 2.75) is 19.0 Å². The zero-order chi connectivity index (χ0) is 22.3. The fourth-order valence-electron chi connectivity index (χ4n) is 3.26. The van der Waals surface area contributed by atoms with Gasteiger partial charge in [-0.1, -0.05) is 60.3 Å². The summed E-state index contributed by atoms with van der Waals surface area (Å²) in [5, 5.41) is 12.4. The molecule has 1 N–H and O–H groups in total. The third-order valence-corrected chi connectivity index (χ3v) is 5.75. The van der Waals surface area contributed by atoms with Crippen molar-refractivity contribution in [3.05, 3.63) is 84.4 Å². The van der Waals surface area contributed by atoms with Crippen molar-refractivity contribution in [2.75, 3.05) is 17.7 Å². The molecule has 0 unspecified atom stereocenters. The number of amides is 1. The molecule has 4 rings (SSSR count). The number of hydrogen-bond donors (Lipinski definition) is 1. The van der Waals surface area contributed by atoms with Crippen LogP contribution in [0.3, 0.4) is 0 Å². The molecule has 0 saturated carbocycles. The molecule has 32 heavy (non-hydrogen) atoms. The Morgan fingerprint density at radius 2 is 1.69 bits per heavy atom. The molecule has 1 amide bonds. The summed E-state index contributed by atoms with van der Waals surface area (Å²) in [6, 6.07) is 25.4. The number of aromatic nitrogens is 3. The van der Waals surface area contributed by atoms with Crippen LogP contribution in [0, 0.1) is 6.92 Å². The first-order valence-corrected chi connectivity index (χ1v) is 11.4. The average molecular weight is 445 g/mol. The Morgan fingerprint density at radius 3 is 2.41 bits per heavy atom. The van der Waals surface area contributed by atoms with E-state index in [9.17, 15) is 4.79 Å². The normalized spacial score (nSPS) is 10.7. The summed E-state index contributed by atoms with van der Waals surface area (Å²) in [4.78, 5) is 12.6. The Hall–Kier alpha value is -3.58. The quantitative estimate of drug-likeness (QED) is 0.370. The van der Waals surface area contributed by atoms with E-state index in [0.717, 1.165) is 34.1 Å². The van der Waals surface area contributed by atoms with Gasteiger partial charge < -0.3 is 10.1 Å². The zero-order valence-corrected chi connectivity index (χ0v) is 18.8. The van der Waals surface area contributed by atoms with Gasteiger partial charge in [0.05, 0.1) is 12.4 Å². The zero-order valence-electron chi connectivity index (χ0n) is 18.0. The Kier molecular flexibility index (Phi) is 6.87. The van der Waals surface area contributed by atoms with Gasteiger partial charge in [-0.3, -0.25) is 9.36 Å². The van der Waals surface area contributed by atoms with Crippen LogP contribution in [0.25, 0.3) is 17.1 Å². The van der Waals surface area contributed by atoms with Gasteiger partial charge in [-0.15, -0.1) is 10.2 Å². The number of rotatable bonds is 8. The van der Waals surface area contributed by atoms with Crippen molar-refractivity contribution in [1.82, 2.24) is 14.8 Å². The van der Waals surface area contributed by atoms with Crippen LogP contribution in [0.1, 0.15) is 12.5 Å². The molecule has 1 aromatic heterocycles. The van der Waals surface area contributed by atoms with Gasteiger partial charge in [-0.05, 0) is 49.7 Å². The Bertz CT molecular complexity index is 1190. The molecule has 0 fully saturated rings. The summed E-state index contributed by atoms with van der Waals surface area (Å²) in [7, 11) is 0. The topological polar surface area (TPSA) is 69.0 Å². The van der Waals surface area contributed by atoms with E-state index in [1.807, 2.05) is 97.3 Å². The molecule has 0 spiro atoms. The maximum absolute atomic E-state index is 12.6. The van der Waals surface area contributed by atoms with Gasteiger partial charge in [0.2, 0.25) is 5.91 Å². The van der Waals surface area contributed by atoms with Crippen molar-refractivity contribution in [1.29, 1.82) is 0 Å². The molecule has 0 saturated heterocycles. The molecule has 162 valence electrons. The summed E-state index contributed by atoms with van der Waals surface area (Å²) in [5.74, 6) is 1.65. The molecule has 0 bridgehead atoms. The summed E-state index contributed by atoms with van der Waals surface area (Å²) < 4.78 is 7.54. The molecule has 0 aliphatic carbocycles. The van der Waals surface area contributed by atoms with E-state index < -0.39 is 0 Å². The van der Waals surface area contributed by atoms with Crippen LogP contribution in [0.5, 0.6) is 5.75 Å². The molecule has 1 heterocycles. The lowest BCUT2D eigenvalue weighted by atomic mass is 10.2. The fourth-order valence-corrected chi connectivity index (χ4v) is 4.01. The lowest BCUT2D eigenvalue weighted by Crippen LogP contribution is -2.15. The predicted molar refractivity (Wildman–Crippen MR) is 128 cm³/mol. The second kappa shape index (κ2) is 10.2. The molecule has 0 aliphatic heterocycles. The highest BCUT2D eigenvalue weighted by Crippen LogP contribution is 2.29. The third kappa shape index (κ3) is 5.00.